The van der Waals surface area contributed by atoms with Crippen molar-refractivity contribution < 1.29 is 4.74 Å². The highest BCUT2D eigenvalue weighted by molar-refractivity contribution is 5.47. The number of hydrazine groups is 1. The van der Waals surface area contributed by atoms with Crippen LogP contribution >= 0.6 is 0 Å². The second-order valence-electron chi connectivity index (χ2n) is 4.40. The Morgan fingerprint density at radius 3 is 2.76 bits per heavy atom. The maximum Gasteiger partial charge on any atom is 0.158 e. The Labute approximate surface area is 101 Å². The molecule has 0 spiro atoms. The van der Waals surface area contributed by atoms with Gasteiger partial charge in [0.05, 0.1) is 0 Å². The first kappa shape index (κ1) is 12.1. The minimum Gasteiger partial charge on any atom is -0.377 e. The highest BCUT2D eigenvalue weighted by Gasteiger charge is 2.28. The summed E-state index contributed by atoms with van der Waals surface area (Å²) in [7, 11) is 1.62. The Morgan fingerprint density at radius 2 is 2.18 bits per heavy atom. The molecule has 0 radical (unpaired) electrons. The van der Waals surface area contributed by atoms with Gasteiger partial charge in [-0.3, -0.25) is 0 Å². The number of nitrogens with zero attached hydrogens (tertiary/aromatic N) is 2. The minimum atomic E-state index is 0.377. The quantitative estimate of drug-likeness (QED) is 0.508. The third kappa shape index (κ3) is 3.28. The second kappa shape index (κ2) is 5.29. The third-order valence-electron chi connectivity index (χ3n) is 2.90. The number of anilines is 2. The first-order valence-corrected chi connectivity index (χ1v) is 5.83. The molecule has 0 bridgehead atoms. The topological polar surface area (TPSA) is 85.1 Å². The van der Waals surface area contributed by atoms with Crippen LogP contribution in [-0.4, -0.2) is 23.1 Å². The van der Waals surface area contributed by atoms with Gasteiger partial charge in [0.2, 0.25) is 0 Å². The predicted octanol–water partition coefficient (Wildman–Crippen LogP) is 1.12. The van der Waals surface area contributed by atoms with Gasteiger partial charge in [0.1, 0.15) is 18.2 Å². The van der Waals surface area contributed by atoms with E-state index in [1.807, 2.05) is 0 Å². The molecule has 6 nitrogen and oxygen atoms in total. The van der Waals surface area contributed by atoms with Crippen LogP contribution < -0.4 is 16.6 Å². The Hall–Kier alpha value is -1.40. The summed E-state index contributed by atoms with van der Waals surface area (Å²) in [4.78, 5) is 8.58. The van der Waals surface area contributed by atoms with E-state index in [1.165, 1.54) is 12.8 Å². The van der Waals surface area contributed by atoms with Gasteiger partial charge in [0, 0.05) is 19.2 Å². The number of methoxy groups -OCH3 is 1. The number of aromatic nitrogens is 2. The first-order valence-electron chi connectivity index (χ1n) is 5.83. The van der Waals surface area contributed by atoms with Crippen LogP contribution in [0.15, 0.2) is 6.07 Å². The van der Waals surface area contributed by atoms with Crippen LogP contribution in [-0.2, 0) is 11.3 Å². The van der Waals surface area contributed by atoms with Crippen LogP contribution in [0, 0.1) is 5.92 Å². The van der Waals surface area contributed by atoms with E-state index in [9.17, 15) is 0 Å². The van der Waals surface area contributed by atoms with Crippen LogP contribution in [0.4, 0.5) is 11.6 Å². The summed E-state index contributed by atoms with van der Waals surface area (Å²) < 4.78 is 5.03. The van der Waals surface area contributed by atoms with Crippen molar-refractivity contribution in [2.45, 2.75) is 32.4 Å². The molecule has 1 aromatic rings. The molecule has 17 heavy (non-hydrogen) atoms. The van der Waals surface area contributed by atoms with Gasteiger partial charge < -0.3 is 15.5 Å². The van der Waals surface area contributed by atoms with Gasteiger partial charge >= 0.3 is 0 Å². The number of nitrogen functional groups attached to an aromatic ring is 1. The SMILES string of the molecule is COCc1nc(NN)cc(NC(C)C2CC2)n1. The van der Waals surface area contributed by atoms with Crippen molar-refractivity contribution in [3.05, 3.63) is 11.9 Å². The van der Waals surface area contributed by atoms with E-state index in [1.54, 1.807) is 13.2 Å². The zero-order valence-electron chi connectivity index (χ0n) is 10.2. The molecule has 1 aliphatic rings. The number of nitrogens with two attached hydrogens (primary N) is 1. The molecule has 1 fully saturated rings. The summed E-state index contributed by atoms with van der Waals surface area (Å²) in [5.41, 5.74) is 2.54. The summed E-state index contributed by atoms with van der Waals surface area (Å²) in [5, 5.41) is 3.38. The molecule has 0 saturated heterocycles. The Balaban J connectivity index is 2.10. The van der Waals surface area contributed by atoms with Gasteiger partial charge in [0.15, 0.2) is 5.82 Å². The Bertz CT molecular complexity index is 380. The fourth-order valence-electron chi connectivity index (χ4n) is 1.79. The fourth-order valence-corrected chi connectivity index (χ4v) is 1.79. The lowest BCUT2D eigenvalue weighted by Gasteiger charge is -2.14. The molecule has 0 amide bonds. The summed E-state index contributed by atoms with van der Waals surface area (Å²) >= 11 is 0. The molecule has 1 aromatic heterocycles. The molecule has 2 rings (SSSR count). The molecule has 1 saturated carbocycles. The molecule has 0 aromatic carbocycles. The minimum absolute atomic E-state index is 0.377. The van der Waals surface area contributed by atoms with Gasteiger partial charge in [-0.25, -0.2) is 15.8 Å². The van der Waals surface area contributed by atoms with Crippen LogP contribution in [0.1, 0.15) is 25.6 Å². The normalized spacial score (nSPS) is 16.6. The zero-order chi connectivity index (χ0) is 12.3. The molecule has 1 atom stereocenters. The van der Waals surface area contributed by atoms with Gasteiger partial charge in [0.25, 0.3) is 0 Å². The lowest BCUT2D eigenvalue weighted by molar-refractivity contribution is 0.178. The first-order chi connectivity index (χ1) is 8.22. The molecule has 6 heteroatoms. The molecule has 1 heterocycles. The van der Waals surface area contributed by atoms with E-state index in [-0.39, 0.29) is 0 Å². The second-order valence-corrected chi connectivity index (χ2v) is 4.40. The molecular formula is C11H19N5O. The fraction of sp³-hybridized carbons (Fsp3) is 0.636. The van der Waals surface area contributed by atoms with Crippen LogP contribution in [0.5, 0.6) is 0 Å². The van der Waals surface area contributed by atoms with Crippen molar-refractivity contribution in [3.8, 4) is 0 Å². The van der Waals surface area contributed by atoms with Gasteiger partial charge in [-0.1, -0.05) is 0 Å². The van der Waals surface area contributed by atoms with E-state index >= 15 is 0 Å². The summed E-state index contributed by atoms with van der Waals surface area (Å²) in [6.07, 6.45) is 2.60. The standard InChI is InChI=1S/C11H19N5O/c1-7(8-3-4-8)13-9-5-10(16-12)15-11(14-9)6-17-2/h5,7-8H,3-4,6,12H2,1-2H3,(H2,13,14,15,16). The lowest BCUT2D eigenvalue weighted by Crippen LogP contribution is -2.20. The number of rotatable bonds is 6. The summed E-state index contributed by atoms with van der Waals surface area (Å²) in [6.45, 7) is 2.55. The Morgan fingerprint density at radius 1 is 1.47 bits per heavy atom. The molecule has 94 valence electrons. The van der Waals surface area contributed by atoms with Gasteiger partial charge in [-0.15, -0.1) is 0 Å². The van der Waals surface area contributed by atoms with E-state index in [2.05, 4.69) is 27.6 Å². The monoisotopic (exact) mass is 237 g/mol. The van der Waals surface area contributed by atoms with Crippen LogP contribution in [0.3, 0.4) is 0 Å². The smallest absolute Gasteiger partial charge is 0.158 e. The molecule has 4 N–H and O–H groups in total. The van der Waals surface area contributed by atoms with Crippen molar-refractivity contribution in [2.75, 3.05) is 17.9 Å². The van der Waals surface area contributed by atoms with E-state index in [4.69, 9.17) is 10.6 Å². The highest BCUT2D eigenvalue weighted by Crippen LogP contribution is 2.33. The highest BCUT2D eigenvalue weighted by atomic mass is 16.5. The van der Waals surface area contributed by atoms with Crippen molar-refractivity contribution in [1.82, 2.24) is 9.97 Å². The lowest BCUT2D eigenvalue weighted by atomic mass is 10.2. The average Bonchev–Trinajstić information content (AvgIpc) is 3.12. The maximum absolute atomic E-state index is 5.38. The van der Waals surface area contributed by atoms with Crippen LogP contribution in [0.2, 0.25) is 0 Å². The van der Waals surface area contributed by atoms with Gasteiger partial charge in [-0.2, -0.15) is 0 Å². The number of ether oxygens (including phenoxy) is 1. The number of hydrogen-bond donors (Lipinski definition) is 3. The van der Waals surface area contributed by atoms with Gasteiger partial charge in [-0.05, 0) is 25.7 Å². The molecule has 1 unspecified atom stereocenters. The van der Waals surface area contributed by atoms with E-state index < -0.39 is 0 Å². The molecular weight excluding hydrogens is 218 g/mol. The maximum atomic E-state index is 5.38. The van der Waals surface area contributed by atoms with Crippen molar-refractivity contribution >= 4 is 11.6 Å². The van der Waals surface area contributed by atoms with Crippen molar-refractivity contribution in [3.63, 3.8) is 0 Å². The predicted molar refractivity (Wildman–Crippen MR) is 66.4 cm³/mol. The third-order valence-corrected chi connectivity index (χ3v) is 2.90. The van der Waals surface area contributed by atoms with E-state index in [0.29, 0.717) is 24.3 Å². The molecule has 0 aliphatic heterocycles. The Kier molecular flexibility index (Phi) is 3.75. The summed E-state index contributed by atoms with van der Waals surface area (Å²) in [5.74, 6) is 8.15. The number of nitrogens with one attached hydrogen (secondary N) is 2. The average molecular weight is 237 g/mol. The van der Waals surface area contributed by atoms with Crippen LogP contribution in [0.25, 0.3) is 0 Å². The van der Waals surface area contributed by atoms with Crippen molar-refractivity contribution in [2.24, 2.45) is 11.8 Å². The molecule has 1 aliphatic carbocycles. The largest absolute Gasteiger partial charge is 0.377 e. The van der Waals surface area contributed by atoms with Crippen molar-refractivity contribution in [1.29, 1.82) is 0 Å². The van der Waals surface area contributed by atoms with E-state index in [0.717, 1.165) is 11.7 Å². The number of hydrogen-bond acceptors (Lipinski definition) is 6. The zero-order valence-corrected chi connectivity index (χ0v) is 10.2. The summed E-state index contributed by atoms with van der Waals surface area (Å²) in [6, 6.07) is 2.24.